The van der Waals surface area contributed by atoms with Crippen LogP contribution in [0.25, 0.3) is 32.9 Å². The van der Waals surface area contributed by atoms with Crippen LogP contribution >= 0.6 is 0 Å². The Bertz CT molecular complexity index is 2350. The largest absolute Gasteiger partial charge is 0.468 e. The third-order valence-corrected chi connectivity index (χ3v) is 19.9. The Morgan fingerprint density at radius 1 is 1.07 bits per heavy atom. The van der Waals surface area contributed by atoms with E-state index in [2.05, 4.69) is 68.2 Å². The van der Waals surface area contributed by atoms with E-state index in [1.165, 1.54) is 19.4 Å². The summed E-state index contributed by atoms with van der Waals surface area (Å²) >= 11 is 0. The Hall–Kier alpha value is -4.65. The Labute approximate surface area is 344 Å². The smallest absolute Gasteiger partial charge is 0.405 e. The molecule has 4 aromatic rings. The summed E-state index contributed by atoms with van der Waals surface area (Å²) in [6.07, 6.45) is 2.13. The molecule has 4 atom stereocenters. The maximum absolute atomic E-state index is 17.6. The number of carboxylic acid groups (broad SMARTS) is 1. The van der Waals surface area contributed by atoms with Crippen LogP contribution in [0.1, 0.15) is 72.8 Å². The van der Waals surface area contributed by atoms with Crippen LogP contribution in [0.4, 0.5) is 23.8 Å². The van der Waals surface area contributed by atoms with Gasteiger partial charge < -0.3 is 29.5 Å². The molecule has 15 heteroatoms. The lowest BCUT2D eigenvalue weighted by Gasteiger charge is -2.38. The minimum Gasteiger partial charge on any atom is -0.468 e. The molecule has 2 N–H and O–H groups in total. The first-order valence-corrected chi connectivity index (χ1v) is 22.9. The second kappa shape index (κ2) is 15.4. The van der Waals surface area contributed by atoms with Gasteiger partial charge in [0, 0.05) is 56.2 Å². The van der Waals surface area contributed by atoms with Crippen molar-refractivity contribution in [3.8, 4) is 34.5 Å². The maximum atomic E-state index is 17.6. The summed E-state index contributed by atoms with van der Waals surface area (Å²) in [4.78, 5) is 29.9. The monoisotopic (exact) mass is 830 g/mol. The molecule has 5 heterocycles. The molecule has 3 saturated heterocycles. The molecule has 314 valence electrons. The van der Waals surface area contributed by atoms with Crippen LogP contribution in [-0.4, -0.2) is 103 Å². The number of pyridine rings is 1. The molecule has 1 amide bonds. The van der Waals surface area contributed by atoms with E-state index in [-0.39, 0.29) is 47.7 Å². The Morgan fingerprint density at radius 2 is 1.83 bits per heavy atom. The van der Waals surface area contributed by atoms with Gasteiger partial charge in [-0.25, -0.2) is 18.0 Å². The van der Waals surface area contributed by atoms with Crippen molar-refractivity contribution >= 4 is 41.7 Å². The van der Waals surface area contributed by atoms with Crippen molar-refractivity contribution < 1.29 is 37.3 Å². The number of rotatable bonds is 12. The summed E-state index contributed by atoms with van der Waals surface area (Å²) in [7, 11) is -0.824. The summed E-state index contributed by atoms with van der Waals surface area (Å²) in [6, 6.07) is 6.29. The van der Waals surface area contributed by atoms with Gasteiger partial charge in [0.05, 0.1) is 22.0 Å². The maximum Gasteiger partial charge on any atom is 0.405 e. The van der Waals surface area contributed by atoms with Gasteiger partial charge in [0.25, 0.3) is 0 Å². The molecule has 4 fully saturated rings. The average Bonchev–Trinajstić information content (AvgIpc) is 3.40. The number of fused-ring (bicyclic) bond motifs is 4. The number of amides is 1. The lowest BCUT2D eigenvalue weighted by molar-refractivity contribution is 0.0512. The summed E-state index contributed by atoms with van der Waals surface area (Å²) in [5, 5.41) is 13.5. The zero-order valence-corrected chi connectivity index (χ0v) is 35.8. The van der Waals surface area contributed by atoms with E-state index in [1.807, 2.05) is 4.90 Å². The number of methoxy groups -OCH3 is 1. The van der Waals surface area contributed by atoms with Crippen LogP contribution in [0.3, 0.4) is 0 Å². The summed E-state index contributed by atoms with van der Waals surface area (Å²) in [6.45, 7) is 15.1. The predicted octanol–water partition coefficient (Wildman–Crippen LogP) is 8.48. The number of hydrogen-bond donors (Lipinski definition) is 2. The van der Waals surface area contributed by atoms with Crippen molar-refractivity contribution in [2.24, 2.45) is 5.92 Å². The van der Waals surface area contributed by atoms with Gasteiger partial charge in [-0.2, -0.15) is 9.97 Å². The molecule has 1 aliphatic carbocycles. The first-order chi connectivity index (χ1) is 28.1. The van der Waals surface area contributed by atoms with Crippen molar-refractivity contribution in [3.63, 3.8) is 0 Å². The Kier molecular flexibility index (Phi) is 10.7. The standard InChI is InChI=1S/C44H53F3N6O5Si/c1-25(2)59(26(3)4,27(5)6)14-11-32-35(46)10-9-28-15-31(58-24-56-7)16-33(36(28)32)38-37(47)39-34(19-48-38)40(52-20-29-17-44(29,22-52)51-42(54)55)50-41(49-39)57-23-43-12-8-13-53(43)21-30(45)18-43/h9-10,15-16,19,25-27,29-30,51H,8,12-13,17-18,20-24H2,1-7H3,(H,54,55)/t29-,30+,43-,44-/m0/s1. The lowest BCUT2D eigenvalue weighted by Crippen LogP contribution is -2.43. The third-order valence-electron chi connectivity index (χ3n) is 13.6. The number of nitrogens with one attached hydrogen (secondary N) is 1. The second-order valence-electron chi connectivity index (χ2n) is 17.9. The Morgan fingerprint density at radius 3 is 2.54 bits per heavy atom. The van der Waals surface area contributed by atoms with Gasteiger partial charge in [-0.05, 0) is 66.0 Å². The van der Waals surface area contributed by atoms with E-state index >= 15 is 8.78 Å². The fourth-order valence-corrected chi connectivity index (χ4v) is 16.0. The molecule has 4 aliphatic rings. The predicted molar refractivity (Wildman–Crippen MR) is 223 cm³/mol. The van der Waals surface area contributed by atoms with Crippen LogP contribution in [-0.2, 0) is 4.74 Å². The Balaban J connectivity index is 1.30. The summed E-state index contributed by atoms with van der Waals surface area (Å²) in [5.41, 5.74) is 3.64. The number of piperidine rings is 1. The topological polar surface area (TPSA) is 122 Å². The molecule has 2 aromatic carbocycles. The van der Waals surface area contributed by atoms with Gasteiger partial charge >= 0.3 is 12.1 Å². The van der Waals surface area contributed by atoms with Gasteiger partial charge in [0.1, 0.15) is 49.4 Å². The van der Waals surface area contributed by atoms with Gasteiger partial charge in [0.15, 0.2) is 12.6 Å². The normalized spacial score (nSPS) is 23.9. The first kappa shape index (κ1) is 41.1. The van der Waals surface area contributed by atoms with Crippen molar-refractivity contribution in [3.05, 3.63) is 47.7 Å². The number of benzene rings is 2. The quantitative estimate of drug-likeness (QED) is 0.0817. The average molecular weight is 831 g/mol. The number of halogens is 3. The molecule has 8 rings (SSSR count). The van der Waals surface area contributed by atoms with Gasteiger partial charge in [0.2, 0.25) is 0 Å². The van der Waals surface area contributed by atoms with Gasteiger partial charge in [-0.1, -0.05) is 53.5 Å². The zero-order valence-electron chi connectivity index (χ0n) is 34.8. The highest BCUT2D eigenvalue weighted by atomic mass is 28.3. The van der Waals surface area contributed by atoms with Crippen molar-refractivity contribution in [2.45, 2.75) is 101 Å². The van der Waals surface area contributed by atoms with Crippen LogP contribution in [0.5, 0.6) is 11.8 Å². The molecule has 11 nitrogen and oxygen atoms in total. The van der Waals surface area contributed by atoms with Crippen molar-refractivity contribution in [2.75, 3.05) is 51.6 Å². The minimum absolute atomic E-state index is 0.0514. The lowest BCUT2D eigenvalue weighted by atomic mass is 9.95. The first-order valence-electron chi connectivity index (χ1n) is 20.7. The van der Waals surface area contributed by atoms with E-state index in [1.54, 1.807) is 18.2 Å². The summed E-state index contributed by atoms with van der Waals surface area (Å²) < 4.78 is 66.0. The van der Waals surface area contributed by atoms with E-state index < -0.39 is 43.1 Å². The number of nitrogens with zero attached hydrogens (tertiary/aromatic N) is 5. The molecule has 0 spiro atoms. The van der Waals surface area contributed by atoms with Crippen LogP contribution in [0.15, 0.2) is 30.5 Å². The molecular weight excluding hydrogens is 778 g/mol. The van der Waals surface area contributed by atoms with E-state index in [4.69, 9.17) is 24.2 Å². The fourth-order valence-electron chi connectivity index (χ4n) is 10.8. The number of anilines is 1. The van der Waals surface area contributed by atoms with E-state index in [0.29, 0.717) is 76.8 Å². The molecule has 3 aliphatic heterocycles. The van der Waals surface area contributed by atoms with Gasteiger partial charge in [-0.3, -0.25) is 9.88 Å². The van der Waals surface area contributed by atoms with E-state index in [0.717, 1.165) is 19.4 Å². The highest BCUT2D eigenvalue weighted by molar-refractivity contribution is 6.90. The molecule has 0 radical (unpaired) electrons. The number of hydrogen-bond acceptors (Lipinski definition) is 9. The zero-order chi connectivity index (χ0) is 42.0. The van der Waals surface area contributed by atoms with Crippen LogP contribution < -0.4 is 19.7 Å². The van der Waals surface area contributed by atoms with Crippen LogP contribution in [0, 0.1) is 29.0 Å². The molecular formula is C44H53F3N6O5Si. The van der Waals surface area contributed by atoms with Gasteiger partial charge in [-0.15, -0.1) is 5.54 Å². The molecule has 0 unspecified atom stereocenters. The molecule has 0 bridgehead atoms. The fraction of sp³-hybridized carbons (Fsp3) is 0.545. The number of alkyl halides is 1. The van der Waals surface area contributed by atoms with Crippen molar-refractivity contribution in [1.82, 2.24) is 25.2 Å². The molecule has 59 heavy (non-hydrogen) atoms. The minimum atomic E-state index is -2.32. The third kappa shape index (κ3) is 7.14. The highest BCUT2D eigenvalue weighted by Gasteiger charge is 2.61. The number of ether oxygens (including phenoxy) is 3. The van der Waals surface area contributed by atoms with Crippen LogP contribution in [0.2, 0.25) is 16.6 Å². The SMILES string of the molecule is COCOc1cc(-c2ncc3c(N4C[C@@H]5C[C@]5(NC(=O)O)C4)nc(OC[C@@]45CCCN4C[C@H](F)C5)nc3c2F)c2c(C#C[Si](C(C)C)(C(C)C)C(C)C)c(F)ccc2c1. The molecule has 2 aromatic heterocycles. The number of carbonyl (C=O) groups is 1. The second-order valence-corrected chi connectivity index (χ2v) is 23.5. The number of aromatic nitrogens is 3. The summed E-state index contributed by atoms with van der Waals surface area (Å²) in [5.74, 6) is 2.76. The van der Waals surface area contributed by atoms with E-state index in [9.17, 15) is 14.3 Å². The highest BCUT2D eigenvalue weighted by Crippen LogP contribution is 2.51. The molecule has 1 saturated carbocycles. The van der Waals surface area contributed by atoms with Crippen molar-refractivity contribution in [1.29, 1.82) is 0 Å².